The number of nitrogen functional groups attached to an aromatic ring is 1. The molecule has 1 heterocycles. The number of halogens is 4. The van der Waals surface area contributed by atoms with Crippen LogP contribution in [0.4, 0.5) is 13.2 Å². The summed E-state index contributed by atoms with van der Waals surface area (Å²) < 4.78 is 68.2. The molecule has 1 unspecified atom stereocenters. The normalized spacial score (nSPS) is 18.4. The molecule has 198 valence electrons. The van der Waals surface area contributed by atoms with Crippen LogP contribution in [0.15, 0.2) is 87.2 Å². The lowest BCUT2D eigenvalue weighted by Crippen LogP contribution is -2.42. The van der Waals surface area contributed by atoms with Crippen LogP contribution in [0.3, 0.4) is 0 Å². The summed E-state index contributed by atoms with van der Waals surface area (Å²) in [5.41, 5.74) is 9.71. The van der Waals surface area contributed by atoms with Gasteiger partial charge in [-0.15, -0.1) is 4.40 Å². The van der Waals surface area contributed by atoms with Gasteiger partial charge in [0.25, 0.3) is 10.0 Å². The Morgan fingerprint density at radius 1 is 1.08 bits per heavy atom. The lowest BCUT2D eigenvalue weighted by atomic mass is 9.85. The highest BCUT2D eigenvalue weighted by molar-refractivity contribution is 7.90. The monoisotopic (exact) mass is 564 g/mol. The van der Waals surface area contributed by atoms with Crippen LogP contribution in [0.25, 0.3) is 0 Å². The van der Waals surface area contributed by atoms with E-state index in [9.17, 15) is 26.7 Å². The molecule has 4 rings (SSSR count). The minimum absolute atomic E-state index is 0.0827. The van der Waals surface area contributed by atoms with E-state index >= 15 is 0 Å². The summed E-state index contributed by atoms with van der Waals surface area (Å²) in [5, 5.41) is 25.0. The van der Waals surface area contributed by atoms with Crippen LogP contribution in [0.5, 0.6) is 0 Å². The predicted molar refractivity (Wildman–Crippen MR) is 136 cm³/mol. The Balaban J connectivity index is 1.75. The van der Waals surface area contributed by atoms with Crippen LogP contribution >= 0.6 is 11.6 Å². The number of guanidine groups is 1. The number of hydrazone groups is 1. The number of aliphatic hydroxyl groups is 1. The SMILES string of the molecule is N=C(N)c1ccc(C2(O)CN(/C(N)=N/S(=O)(=O)c3cccc(C(F)(F)F)c3)N=C2c2ccc(Cl)cc2)cc1. The van der Waals surface area contributed by atoms with Crippen molar-refractivity contribution in [2.24, 2.45) is 21.0 Å². The van der Waals surface area contributed by atoms with E-state index in [4.69, 9.17) is 28.5 Å². The maximum atomic E-state index is 13.1. The molecule has 0 aromatic heterocycles. The molecule has 0 radical (unpaired) electrons. The Hall–Kier alpha value is -3.94. The number of benzene rings is 3. The summed E-state index contributed by atoms with van der Waals surface area (Å²) in [6.45, 7) is -0.377. The molecular formula is C24H20ClF3N6O3S. The highest BCUT2D eigenvalue weighted by Crippen LogP contribution is 2.34. The Morgan fingerprint density at radius 2 is 1.71 bits per heavy atom. The molecular weight excluding hydrogens is 545 g/mol. The van der Waals surface area contributed by atoms with Gasteiger partial charge in [-0.25, -0.2) is 5.01 Å². The van der Waals surface area contributed by atoms with Crippen molar-refractivity contribution in [3.05, 3.63) is 100 Å². The second-order valence-corrected chi connectivity index (χ2v) is 10.4. The van der Waals surface area contributed by atoms with Crippen molar-refractivity contribution in [1.82, 2.24) is 5.01 Å². The first-order valence-corrected chi connectivity index (χ1v) is 12.6. The van der Waals surface area contributed by atoms with Crippen LogP contribution in [-0.2, 0) is 21.8 Å². The molecule has 0 spiro atoms. The van der Waals surface area contributed by atoms with Crippen molar-refractivity contribution in [2.75, 3.05) is 6.54 Å². The van der Waals surface area contributed by atoms with E-state index in [1.54, 1.807) is 24.3 Å². The molecule has 1 atom stereocenters. The molecule has 0 aliphatic carbocycles. The van der Waals surface area contributed by atoms with Gasteiger partial charge in [-0.2, -0.15) is 26.7 Å². The fourth-order valence-corrected chi connectivity index (χ4v) is 4.87. The van der Waals surface area contributed by atoms with Gasteiger partial charge in [0.05, 0.1) is 17.0 Å². The van der Waals surface area contributed by atoms with Gasteiger partial charge in [0.1, 0.15) is 11.5 Å². The number of rotatable bonds is 5. The highest BCUT2D eigenvalue weighted by atomic mass is 35.5. The van der Waals surface area contributed by atoms with E-state index in [2.05, 4.69) is 9.50 Å². The van der Waals surface area contributed by atoms with E-state index in [1.807, 2.05) is 0 Å². The zero-order chi connectivity index (χ0) is 27.9. The van der Waals surface area contributed by atoms with Gasteiger partial charge >= 0.3 is 6.18 Å². The number of sulfonamides is 1. The maximum absolute atomic E-state index is 13.1. The Bertz CT molecular complexity index is 1560. The molecule has 38 heavy (non-hydrogen) atoms. The third kappa shape index (κ3) is 5.35. The second kappa shape index (κ2) is 9.74. The fourth-order valence-electron chi connectivity index (χ4n) is 3.78. The first-order chi connectivity index (χ1) is 17.7. The number of nitrogens with two attached hydrogens (primary N) is 2. The zero-order valence-corrected chi connectivity index (χ0v) is 20.9. The lowest BCUT2D eigenvalue weighted by molar-refractivity contribution is -0.137. The molecule has 9 nitrogen and oxygen atoms in total. The highest BCUT2D eigenvalue weighted by Gasteiger charge is 2.44. The van der Waals surface area contributed by atoms with E-state index in [1.165, 1.54) is 24.3 Å². The third-order valence-electron chi connectivity index (χ3n) is 5.72. The molecule has 1 aliphatic rings. The summed E-state index contributed by atoms with van der Waals surface area (Å²) in [7, 11) is -4.67. The minimum Gasteiger partial charge on any atom is -0.384 e. The third-order valence-corrected chi connectivity index (χ3v) is 7.25. The molecule has 0 bridgehead atoms. The van der Waals surface area contributed by atoms with Crippen LogP contribution in [0.1, 0.15) is 22.3 Å². The van der Waals surface area contributed by atoms with E-state index in [0.717, 1.165) is 23.2 Å². The van der Waals surface area contributed by atoms with Crippen molar-refractivity contribution in [1.29, 1.82) is 5.41 Å². The van der Waals surface area contributed by atoms with Gasteiger partial charge in [-0.3, -0.25) is 5.41 Å². The predicted octanol–water partition coefficient (Wildman–Crippen LogP) is 3.25. The summed E-state index contributed by atoms with van der Waals surface area (Å²) in [6.07, 6.45) is -4.76. The maximum Gasteiger partial charge on any atom is 0.416 e. The molecule has 0 amide bonds. The van der Waals surface area contributed by atoms with Crippen LogP contribution in [0, 0.1) is 5.41 Å². The van der Waals surface area contributed by atoms with Crippen molar-refractivity contribution < 1.29 is 26.7 Å². The van der Waals surface area contributed by atoms with Gasteiger partial charge in [-0.1, -0.05) is 54.1 Å². The Kier molecular flexibility index (Phi) is 6.95. The number of hydrogen-bond acceptors (Lipinski definition) is 5. The summed E-state index contributed by atoms with van der Waals surface area (Å²) >= 11 is 5.98. The van der Waals surface area contributed by atoms with Gasteiger partial charge < -0.3 is 16.6 Å². The van der Waals surface area contributed by atoms with Gasteiger partial charge in [0.2, 0.25) is 5.96 Å². The zero-order valence-electron chi connectivity index (χ0n) is 19.3. The van der Waals surface area contributed by atoms with Crippen molar-refractivity contribution in [3.63, 3.8) is 0 Å². The molecule has 0 saturated carbocycles. The average molecular weight is 565 g/mol. The Morgan fingerprint density at radius 3 is 2.29 bits per heavy atom. The molecule has 0 saturated heterocycles. The van der Waals surface area contributed by atoms with Gasteiger partial charge in [0, 0.05) is 16.1 Å². The molecule has 6 N–H and O–H groups in total. The summed E-state index contributed by atoms with van der Waals surface area (Å²) in [4.78, 5) is -0.716. The number of amidine groups is 1. The first kappa shape index (κ1) is 27.1. The first-order valence-electron chi connectivity index (χ1n) is 10.8. The molecule has 3 aromatic carbocycles. The molecule has 3 aromatic rings. The van der Waals surface area contributed by atoms with Gasteiger partial charge in [-0.05, 0) is 35.9 Å². The molecule has 1 aliphatic heterocycles. The average Bonchev–Trinajstić information content (AvgIpc) is 3.23. The minimum atomic E-state index is -4.76. The van der Waals surface area contributed by atoms with Crippen LogP contribution < -0.4 is 11.5 Å². The smallest absolute Gasteiger partial charge is 0.384 e. The standard InChI is InChI=1S/C24H20ClF3N6O3S/c25-18-10-6-14(7-11-18)20-23(35,16-8-4-15(5-9-16)21(29)30)13-34(32-20)22(31)33-38(36,37)19-3-1-2-17(12-19)24(26,27)28/h1-12,35H,13H2,(H3,29,30)(H2,31,33). The largest absolute Gasteiger partial charge is 0.416 e. The number of nitrogens with zero attached hydrogens (tertiary/aromatic N) is 3. The second-order valence-electron chi connectivity index (χ2n) is 8.31. The number of β-amino-alcohol motifs (C(OH)–C–C–N with tert-alkyl or cyclic N) is 1. The van der Waals surface area contributed by atoms with E-state index in [0.29, 0.717) is 27.8 Å². The topological polar surface area (TPSA) is 158 Å². The summed E-state index contributed by atoms with van der Waals surface area (Å²) in [6, 6.07) is 15.5. The lowest BCUT2D eigenvalue weighted by Gasteiger charge is -2.26. The quantitative estimate of drug-likeness (QED) is 0.275. The van der Waals surface area contributed by atoms with Crippen molar-refractivity contribution in [3.8, 4) is 0 Å². The Labute approximate surface area is 220 Å². The van der Waals surface area contributed by atoms with E-state index < -0.39 is 38.2 Å². The molecule has 0 fully saturated rings. The fraction of sp³-hybridized carbons (Fsp3) is 0.125. The molecule has 14 heteroatoms. The number of alkyl halides is 3. The van der Waals surface area contributed by atoms with Crippen LogP contribution in [0.2, 0.25) is 5.02 Å². The van der Waals surface area contributed by atoms with Crippen molar-refractivity contribution in [2.45, 2.75) is 16.7 Å². The summed E-state index contributed by atoms with van der Waals surface area (Å²) in [5.74, 6) is -0.857. The number of hydrogen-bond donors (Lipinski definition) is 4. The number of nitrogens with one attached hydrogen (secondary N) is 1. The van der Waals surface area contributed by atoms with Gasteiger partial charge in [0.15, 0.2) is 5.60 Å². The van der Waals surface area contributed by atoms with E-state index in [-0.39, 0.29) is 18.1 Å². The van der Waals surface area contributed by atoms with Crippen molar-refractivity contribution >= 4 is 39.1 Å². The van der Waals surface area contributed by atoms with Crippen LogP contribution in [-0.4, -0.2) is 42.6 Å².